The molecule has 0 saturated heterocycles. The molecule has 1 N–H and O–H groups in total. The molecule has 0 spiro atoms. The van der Waals surface area contributed by atoms with E-state index in [0.717, 1.165) is 42.7 Å². The zero-order valence-corrected chi connectivity index (χ0v) is 12.2. The number of aromatic nitrogens is 2. The predicted octanol–water partition coefficient (Wildman–Crippen LogP) is 1.84. The third-order valence-electron chi connectivity index (χ3n) is 3.43. The topological polar surface area (TPSA) is 62.4 Å². The maximum atomic E-state index is 9.01. The summed E-state index contributed by atoms with van der Waals surface area (Å²) in [4.78, 5) is 11.2. The van der Waals surface area contributed by atoms with Gasteiger partial charge in [0.05, 0.1) is 12.2 Å². The highest BCUT2D eigenvalue weighted by Crippen LogP contribution is 2.21. The predicted molar refractivity (Wildman–Crippen MR) is 76.3 cm³/mol. The standard InChI is InChI=1S/C14H17N3O2S/c1-20-14-15-6-10-7-17(5-4-13(10)16-14)8-11-2-3-12(9-18)19-11/h2-3,6,18H,4-5,7-9H2,1H3. The quantitative estimate of drug-likeness (QED) is 0.685. The first-order valence-corrected chi connectivity index (χ1v) is 7.80. The van der Waals surface area contributed by atoms with Crippen LogP contribution < -0.4 is 0 Å². The van der Waals surface area contributed by atoms with E-state index in [-0.39, 0.29) is 6.61 Å². The van der Waals surface area contributed by atoms with Crippen LogP contribution in [-0.4, -0.2) is 32.8 Å². The molecule has 2 aromatic heterocycles. The van der Waals surface area contributed by atoms with Crippen LogP contribution in [0.4, 0.5) is 0 Å². The Balaban J connectivity index is 1.69. The summed E-state index contributed by atoms with van der Waals surface area (Å²) in [6.07, 6.45) is 4.87. The molecule has 0 saturated carbocycles. The van der Waals surface area contributed by atoms with E-state index in [4.69, 9.17) is 9.52 Å². The first-order valence-electron chi connectivity index (χ1n) is 6.58. The molecular formula is C14H17N3O2S. The lowest BCUT2D eigenvalue weighted by molar-refractivity contribution is 0.207. The van der Waals surface area contributed by atoms with E-state index >= 15 is 0 Å². The normalized spacial score (nSPS) is 15.3. The molecular weight excluding hydrogens is 274 g/mol. The maximum absolute atomic E-state index is 9.01. The maximum Gasteiger partial charge on any atom is 0.187 e. The monoisotopic (exact) mass is 291 g/mol. The van der Waals surface area contributed by atoms with Gasteiger partial charge in [-0.15, -0.1) is 0 Å². The van der Waals surface area contributed by atoms with Crippen LogP contribution in [-0.2, 0) is 26.1 Å². The number of fused-ring (bicyclic) bond motifs is 1. The summed E-state index contributed by atoms with van der Waals surface area (Å²) in [6.45, 7) is 2.52. The molecule has 0 fully saturated rings. The number of thioether (sulfide) groups is 1. The molecule has 1 aliphatic rings. The van der Waals surface area contributed by atoms with E-state index in [1.807, 2.05) is 24.6 Å². The van der Waals surface area contributed by atoms with Gasteiger partial charge in [0.2, 0.25) is 0 Å². The van der Waals surface area contributed by atoms with Crippen LogP contribution in [0.3, 0.4) is 0 Å². The van der Waals surface area contributed by atoms with Crippen molar-refractivity contribution in [1.82, 2.24) is 14.9 Å². The second-order valence-corrected chi connectivity index (χ2v) is 5.59. The van der Waals surface area contributed by atoms with Gasteiger partial charge in [0.1, 0.15) is 18.1 Å². The van der Waals surface area contributed by atoms with E-state index in [2.05, 4.69) is 14.9 Å². The van der Waals surface area contributed by atoms with Crippen molar-refractivity contribution in [1.29, 1.82) is 0 Å². The SMILES string of the molecule is CSc1ncc2c(n1)CCN(Cc1ccc(CO)o1)C2. The fraction of sp³-hybridized carbons (Fsp3) is 0.429. The molecule has 0 aromatic carbocycles. The van der Waals surface area contributed by atoms with E-state index < -0.39 is 0 Å². The van der Waals surface area contributed by atoms with E-state index in [1.54, 1.807) is 11.8 Å². The molecule has 5 nitrogen and oxygen atoms in total. The van der Waals surface area contributed by atoms with Crippen molar-refractivity contribution in [2.24, 2.45) is 0 Å². The van der Waals surface area contributed by atoms with E-state index in [9.17, 15) is 0 Å². The summed E-state index contributed by atoms with van der Waals surface area (Å²) in [5, 5.41) is 9.85. The number of aliphatic hydroxyl groups is 1. The summed E-state index contributed by atoms with van der Waals surface area (Å²) < 4.78 is 5.53. The summed E-state index contributed by atoms with van der Waals surface area (Å²) in [5.41, 5.74) is 2.36. The van der Waals surface area contributed by atoms with Crippen molar-refractivity contribution in [2.45, 2.75) is 31.3 Å². The highest BCUT2D eigenvalue weighted by molar-refractivity contribution is 7.98. The highest BCUT2D eigenvalue weighted by atomic mass is 32.2. The smallest absolute Gasteiger partial charge is 0.187 e. The second-order valence-electron chi connectivity index (χ2n) is 4.82. The number of rotatable bonds is 4. The van der Waals surface area contributed by atoms with Gasteiger partial charge in [0, 0.05) is 31.3 Å². The molecule has 0 radical (unpaired) electrons. The Morgan fingerprint density at radius 3 is 3.00 bits per heavy atom. The van der Waals surface area contributed by atoms with Crippen LogP contribution >= 0.6 is 11.8 Å². The number of furan rings is 1. The van der Waals surface area contributed by atoms with Gasteiger partial charge in [-0.1, -0.05) is 11.8 Å². The van der Waals surface area contributed by atoms with Gasteiger partial charge in [-0.2, -0.15) is 0 Å². The Morgan fingerprint density at radius 1 is 1.40 bits per heavy atom. The zero-order chi connectivity index (χ0) is 13.9. The van der Waals surface area contributed by atoms with Gasteiger partial charge in [-0.25, -0.2) is 9.97 Å². The molecule has 20 heavy (non-hydrogen) atoms. The van der Waals surface area contributed by atoms with Gasteiger partial charge in [-0.05, 0) is 18.4 Å². The van der Waals surface area contributed by atoms with Crippen molar-refractivity contribution in [3.05, 3.63) is 41.1 Å². The van der Waals surface area contributed by atoms with Gasteiger partial charge >= 0.3 is 0 Å². The fourth-order valence-electron chi connectivity index (χ4n) is 2.40. The van der Waals surface area contributed by atoms with Crippen molar-refractivity contribution in [3.63, 3.8) is 0 Å². The first-order chi connectivity index (χ1) is 9.78. The van der Waals surface area contributed by atoms with Crippen LogP contribution in [0, 0.1) is 0 Å². The van der Waals surface area contributed by atoms with Crippen molar-refractivity contribution < 1.29 is 9.52 Å². The molecule has 2 aromatic rings. The molecule has 1 aliphatic heterocycles. The Bertz CT molecular complexity index is 600. The van der Waals surface area contributed by atoms with Crippen LogP contribution in [0.2, 0.25) is 0 Å². The molecule has 0 atom stereocenters. The molecule has 0 bridgehead atoms. The third-order valence-corrected chi connectivity index (χ3v) is 3.99. The Kier molecular flexibility index (Phi) is 4.05. The average molecular weight is 291 g/mol. The lowest BCUT2D eigenvalue weighted by atomic mass is 10.1. The molecule has 3 rings (SSSR count). The van der Waals surface area contributed by atoms with E-state index in [1.165, 1.54) is 5.56 Å². The summed E-state index contributed by atoms with van der Waals surface area (Å²) >= 11 is 1.58. The molecule has 0 amide bonds. The summed E-state index contributed by atoms with van der Waals surface area (Å²) in [5.74, 6) is 1.50. The number of aliphatic hydroxyl groups excluding tert-OH is 1. The number of hydrogen-bond acceptors (Lipinski definition) is 6. The van der Waals surface area contributed by atoms with Gasteiger partial charge < -0.3 is 9.52 Å². The Hall–Kier alpha value is -1.37. The molecule has 0 aliphatic carbocycles. The van der Waals surface area contributed by atoms with Crippen LogP contribution in [0.25, 0.3) is 0 Å². The minimum Gasteiger partial charge on any atom is -0.462 e. The van der Waals surface area contributed by atoms with Crippen LogP contribution in [0.1, 0.15) is 22.8 Å². The average Bonchev–Trinajstić information content (AvgIpc) is 2.94. The Labute approximate surface area is 122 Å². The summed E-state index contributed by atoms with van der Waals surface area (Å²) in [7, 11) is 0. The van der Waals surface area contributed by atoms with Gasteiger partial charge in [-0.3, -0.25) is 4.90 Å². The van der Waals surface area contributed by atoms with Crippen molar-refractivity contribution in [3.8, 4) is 0 Å². The lowest BCUT2D eigenvalue weighted by Crippen LogP contribution is -2.30. The fourth-order valence-corrected chi connectivity index (χ4v) is 2.76. The third kappa shape index (κ3) is 2.87. The minimum absolute atomic E-state index is 0.0475. The molecule has 6 heteroatoms. The first kappa shape index (κ1) is 13.6. The van der Waals surface area contributed by atoms with Crippen LogP contribution in [0.5, 0.6) is 0 Å². The van der Waals surface area contributed by atoms with Gasteiger partial charge in [0.25, 0.3) is 0 Å². The van der Waals surface area contributed by atoms with Crippen molar-refractivity contribution >= 4 is 11.8 Å². The lowest BCUT2D eigenvalue weighted by Gasteiger charge is -2.27. The highest BCUT2D eigenvalue weighted by Gasteiger charge is 2.19. The van der Waals surface area contributed by atoms with E-state index in [0.29, 0.717) is 5.76 Å². The number of hydrogen-bond donors (Lipinski definition) is 1. The molecule has 106 valence electrons. The second kappa shape index (κ2) is 5.95. The largest absolute Gasteiger partial charge is 0.462 e. The van der Waals surface area contributed by atoms with Crippen molar-refractivity contribution in [2.75, 3.05) is 12.8 Å². The number of nitrogens with zero attached hydrogens (tertiary/aromatic N) is 3. The molecule has 0 unspecified atom stereocenters. The van der Waals surface area contributed by atoms with Crippen LogP contribution in [0.15, 0.2) is 27.9 Å². The van der Waals surface area contributed by atoms with Gasteiger partial charge in [0.15, 0.2) is 5.16 Å². The Morgan fingerprint density at radius 2 is 2.25 bits per heavy atom. The zero-order valence-electron chi connectivity index (χ0n) is 11.4. The minimum atomic E-state index is -0.0475. The summed E-state index contributed by atoms with van der Waals surface area (Å²) in [6, 6.07) is 3.75. The molecule has 3 heterocycles.